The lowest BCUT2D eigenvalue weighted by Gasteiger charge is -2.23. The van der Waals surface area contributed by atoms with Crippen LogP contribution in [0.25, 0.3) is 0 Å². The Morgan fingerprint density at radius 3 is 2.52 bits per heavy atom. The van der Waals surface area contributed by atoms with E-state index in [4.69, 9.17) is 11.0 Å². The molecule has 0 aliphatic carbocycles. The Labute approximate surface area is 130 Å². The maximum atomic E-state index is 11.8. The van der Waals surface area contributed by atoms with Gasteiger partial charge in [0, 0.05) is 4.47 Å². The van der Waals surface area contributed by atoms with Gasteiger partial charge in [0.15, 0.2) is 5.75 Å². The van der Waals surface area contributed by atoms with Gasteiger partial charge in [0.05, 0.1) is 16.9 Å². The molecule has 3 N–H and O–H groups in total. The number of phenols is 1. The summed E-state index contributed by atoms with van der Waals surface area (Å²) >= 11 is 3.34. The Morgan fingerprint density at radius 1 is 1.29 bits per heavy atom. The molecule has 6 heteroatoms. The number of aromatic hydroxyl groups is 1. The van der Waals surface area contributed by atoms with Crippen LogP contribution in [-0.4, -0.2) is 11.1 Å². The number of halogens is 1. The first kappa shape index (κ1) is 14.9. The number of primary amides is 1. The summed E-state index contributed by atoms with van der Waals surface area (Å²) in [6, 6.07) is 11.3. The van der Waals surface area contributed by atoms with Crippen molar-refractivity contribution in [3.63, 3.8) is 0 Å². The number of anilines is 2. The summed E-state index contributed by atoms with van der Waals surface area (Å²) in [6.07, 6.45) is 0. The molecule has 0 aromatic heterocycles. The highest BCUT2D eigenvalue weighted by molar-refractivity contribution is 9.10. The minimum absolute atomic E-state index is 0.116. The van der Waals surface area contributed by atoms with Crippen LogP contribution < -0.4 is 10.6 Å². The van der Waals surface area contributed by atoms with Gasteiger partial charge in [0.1, 0.15) is 6.07 Å². The number of nitrogens with zero attached hydrogens (tertiary/aromatic N) is 2. The Bertz CT molecular complexity index is 753. The average molecular weight is 346 g/mol. The van der Waals surface area contributed by atoms with E-state index in [2.05, 4.69) is 15.9 Å². The molecule has 2 aromatic carbocycles. The van der Waals surface area contributed by atoms with Crippen LogP contribution >= 0.6 is 15.9 Å². The Balaban J connectivity index is 2.69. The minimum Gasteiger partial charge on any atom is -0.504 e. The number of nitriles is 1. The molecule has 0 saturated heterocycles. The monoisotopic (exact) mass is 345 g/mol. The van der Waals surface area contributed by atoms with Crippen molar-refractivity contribution in [3.05, 3.63) is 52.0 Å². The van der Waals surface area contributed by atoms with Crippen molar-refractivity contribution in [2.45, 2.75) is 6.92 Å². The van der Waals surface area contributed by atoms with E-state index in [0.29, 0.717) is 15.7 Å². The van der Waals surface area contributed by atoms with E-state index in [1.807, 2.05) is 6.07 Å². The molecule has 106 valence electrons. The number of nitrogens with two attached hydrogens (primary N) is 1. The Kier molecular flexibility index (Phi) is 4.15. The molecule has 0 spiro atoms. The highest BCUT2D eigenvalue weighted by atomic mass is 79.9. The molecule has 0 fully saturated rings. The Morgan fingerprint density at radius 2 is 1.95 bits per heavy atom. The van der Waals surface area contributed by atoms with E-state index in [-0.39, 0.29) is 17.0 Å². The van der Waals surface area contributed by atoms with Crippen LogP contribution in [0.15, 0.2) is 40.9 Å². The van der Waals surface area contributed by atoms with Crippen molar-refractivity contribution in [2.75, 3.05) is 4.90 Å². The lowest BCUT2D eigenvalue weighted by Crippen LogP contribution is -2.31. The van der Waals surface area contributed by atoms with Crippen molar-refractivity contribution in [1.29, 1.82) is 5.26 Å². The lowest BCUT2D eigenvalue weighted by atomic mass is 10.1. The minimum atomic E-state index is -0.759. The number of para-hydroxylation sites is 1. The predicted molar refractivity (Wildman–Crippen MR) is 83.4 cm³/mol. The maximum Gasteiger partial charge on any atom is 0.324 e. The van der Waals surface area contributed by atoms with Gasteiger partial charge in [-0.25, -0.2) is 4.79 Å². The molecule has 5 nitrogen and oxygen atoms in total. The topological polar surface area (TPSA) is 90.3 Å². The molecule has 0 heterocycles. The molecule has 2 amide bonds. The lowest BCUT2D eigenvalue weighted by molar-refractivity contribution is 0.256. The van der Waals surface area contributed by atoms with E-state index < -0.39 is 6.03 Å². The van der Waals surface area contributed by atoms with E-state index >= 15 is 0 Å². The number of phenolic OH excluding ortho intramolecular Hbond substituents is 1. The summed E-state index contributed by atoms with van der Waals surface area (Å²) in [5, 5.41) is 19.4. The van der Waals surface area contributed by atoms with Gasteiger partial charge >= 0.3 is 6.03 Å². The van der Waals surface area contributed by atoms with Crippen molar-refractivity contribution in [2.24, 2.45) is 5.73 Å². The molecular weight excluding hydrogens is 334 g/mol. The smallest absolute Gasteiger partial charge is 0.324 e. The van der Waals surface area contributed by atoms with Crippen molar-refractivity contribution in [3.8, 4) is 11.8 Å². The summed E-state index contributed by atoms with van der Waals surface area (Å²) in [5.41, 5.74) is 6.82. The number of carbonyl (C=O) groups excluding carboxylic acids is 1. The van der Waals surface area contributed by atoms with Crippen molar-refractivity contribution in [1.82, 2.24) is 0 Å². The van der Waals surface area contributed by atoms with Gasteiger partial charge in [-0.05, 0) is 46.6 Å². The van der Waals surface area contributed by atoms with Crippen LogP contribution in [0.3, 0.4) is 0 Å². The largest absolute Gasteiger partial charge is 0.504 e. The fourth-order valence-corrected chi connectivity index (χ4v) is 2.46. The highest BCUT2D eigenvalue weighted by Gasteiger charge is 2.22. The van der Waals surface area contributed by atoms with Crippen LogP contribution in [0.2, 0.25) is 0 Å². The van der Waals surface area contributed by atoms with Gasteiger partial charge < -0.3 is 10.8 Å². The number of carbonyl (C=O) groups is 1. The average Bonchev–Trinajstić information content (AvgIpc) is 2.44. The van der Waals surface area contributed by atoms with Gasteiger partial charge in [-0.3, -0.25) is 4.90 Å². The summed E-state index contributed by atoms with van der Waals surface area (Å²) in [6.45, 7) is 1.70. The number of hydrogen-bond donors (Lipinski definition) is 2. The number of amides is 2. The second kappa shape index (κ2) is 5.85. The number of hydrogen-bond acceptors (Lipinski definition) is 3. The standard InChI is InChI=1S/C15H12BrN3O2/c1-9-6-7-13(14(20)10(9)8-17)19(15(18)21)12-5-3-2-4-11(12)16/h2-7,20H,1H3,(H2,18,21). The third kappa shape index (κ3) is 2.69. The zero-order chi connectivity index (χ0) is 15.6. The van der Waals surface area contributed by atoms with Crippen molar-refractivity contribution >= 4 is 33.3 Å². The summed E-state index contributed by atoms with van der Waals surface area (Å²) < 4.78 is 0.641. The first-order valence-corrected chi connectivity index (χ1v) is 6.83. The Hall–Kier alpha value is -2.52. The van der Waals surface area contributed by atoms with Crippen LogP contribution in [0.4, 0.5) is 16.2 Å². The van der Waals surface area contributed by atoms with Gasteiger partial charge in [0.2, 0.25) is 0 Å². The van der Waals surface area contributed by atoms with Gasteiger partial charge in [0.25, 0.3) is 0 Å². The number of rotatable bonds is 2. The van der Waals surface area contributed by atoms with Gasteiger partial charge in [-0.1, -0.05) is 18.2 Å². The molecule has 2 aromatic rings. The normalized spacial score (nSPS) is 9.95. The zero-order valence-corrected chi connectivity index (χ0v) is 12.8. The molecule has 2 rings (SSSR count). The third-order valence-corrected chi connectivity index (χ3v) is 3.70. The summed E-state index contributed by atoms with van der Waals surface area (Å²) in [4.78, 5) is 13.0. The maximum absolute atomic E-state index is 11.8. The molecule has 0 aliphatic rings. The fraction of sp³-hybridized carbons (Fsp3) is 0.0667. The predicted octanol–water partition coefficient (Wildman–Crippen LogP) is 3.55. The molecule has 0 saturated carbocycles. The quantitative estimate of drug-likeness (QED) is 0.871. The number of benzene rings is 2. The zero-order valence-electron chi connectivity index (χ0n) is 11.2. The molecule has 0 radical (unpaired) electrons. The van der Waals surface area contributed by atoms with Crippen LogP contribution in [-0.2, 0) is 0 Å². The molecule has 0 aliphatic heterocycles. The summed E-state index contributed by atoms with van der Waals surface area (Å²) in [5.74, 6) is -0.271. The van der Waals surface area contributed by atoms with Gasteiger partial charge in [-0.15, -0.1) is 0 Å². The third-order valence-electron chi connectivity index (χ3n) is 3.03. The fourth-order valence-electron chi connectivity index (χ4n) is 2.00. The van der Waals surface area contributed by atoms with E-state index in [1.54, 1.807) is 43.3 Å². The first-order valence-electron chi connectivity index (χ1n) is 6.04. The molecule has 0 bridgehead atoms. The van der Waals surface area contributed by atoms with Crippen LogP contribution in [0.5, 0.6) is 5.75 Å². The second-order valence-electron chi connectivity index (χ2n) is 4.36. The summed E-state index contributed by atoms with van der Waals surface area (Å²) in [7, 11) is 0. The molecule has 0 unspecified atom stereocenters. The van der Waals surface area contributed by atoms with Crippen LogP contribution in [0, 0.1) is 18.3 Å². The molecule has 21 heavy (non-hydrogen) atoms. The van der Waals surface area contributed by atoms with Crippen molar-refractivity contribution < 1.29 is 9.90 Å². The highest BCUT2D eigenvalue weighted by Crippen LogP contribution is 2.39. The number of aryl methyl sites for hydroxylation is 1. The van der Waals surface area contributed by atoms with Gasteiger partial charge in [-0.2, -0.15) is 5.26 Å². The second-order valence-corrected chi connectivity index (χ2v) is 5.22. The first-order chi connectivity index (χ1) is 9.97. The van der Waals surface area contributed by atoms with E-state index in [0.717, 1.165) is 4.90 Å². The molecular formula is C15H12BrN3O2. The number of urea groups is 1. The van der Waals surface area contributed by atoms with E-state index in [9.17, 15) is 9.90 Å². The van der Waals surface area contributed by atoms with Crippen LogP contribution in [0.1, 0.15) is 11.1 Å². The molecule has 0 atom stereocenters. The SMILES string of the molecule is Cc1ccc(N(C(N)=O)c2ccccc2Br)c(O)c1C#N. The van der Waals surface area contributed by atoms with E-state index in [1.165, 1.54) is 0 Å².